The molecule has 3 heterocycles. The van der Waals surface area contributed by atoms with E-state index in [1.165, 1.54) is 6.07 Å². The van der Waals surface area contributed by atoms with Gasteiger partial charge in [-0.15, -0.1) is 0 Å². The monoisotopic (exact) mass is 584 g/mol. The van der Waals surface area contributed by atoms with Crippen LogP contribution < -0.4 is 10.1 Å². The Hall–Kier alpha value is -4.03. The van der Waals surface area contributed by atoms with Gasteiger partial charge in [-0.2, -0.15) is 13.2 Å². The minimum atomic E-state index is -4.82. The number of hydrogen-bond donors (Lipinski definition) is 1. The molecule has 2 aromatic carbocycles. The Labute approximate surface area is 240 Å². The van der Waals surface area contributed by atoms with E-state index in [0.717, 1.165) is 32.2 Å². The summed E-state index contributed by atoms with van der Waals surface area (Å²) in [5, 5.41) is 2.66. The molecule has 0 bridgehead atoms. The van der Waals surface area contributed by atoms with E-state index in [1.807, 2.05) is 0 Å². The average Bonchev–Trinajstić information content (AvgIpc) is 3.23. The summed E-state index contributed by atoms with van der Waals surface area (Å²) in [4.78, 5) is 26.1. The molecule has 42 heavy (non-hydrogen) atoms. The van der Waals surface area contributed by atoms with Gasteiger partial charge in [0.2, 0.25) is 5.95 Å². The fraction of sp³-hybridized carbons (Fsp3) is 0.367. The number of carbonyl (C=O) groups excluding carboxylic acids is 1. The van der Waals surface area contributed by atoms with Crippen LogP contribution in [0.4, 0.5) is 29.2 Å². The largest absolute Gasteiger partial charge is 0.457 e. The van der Waals surface area contributed by atoms with Crippen molar-refractivity contribution in [2.24, 2.45) is 7.05 Å². The molecule has 1 fully saturated rings. The maximum Gasteiger partial charge on any atom is 0.419 e. The highest BCUT2D eigenvalue weighted by Crippen LogP contribution is 2.35. The fourth-order valence-electron chi connectivity index (χ4n) is 5.02. The van der Waals surface area contributed by atoms with Crippen LogP contribution in [0, 0.1) is 5.82 Å². The van der Waals surface area contributed by atoms with Crippen LogP contribution in [-0.2, 0) is 24.4 Å². The number of halogens is 4. The van der Waals surface area contributed by atoms with Gasteiger partial charge in [0.05, 0.1) is 40.9 Å². The molecule has 0 saturated carbocycles. The number of nitrogens with one attached hydrogen (secondary N) is 1. The van der Waals surface area contributed by atoms with Crippen LogP contribution in [0.1, 0.15) is 25.1 Å². The normalized spacial score (nSPS) is 15.0. The lowest BCUT2D eigenvalue weighted by Crippen LogP contribution is -2.50. The van der Waals surface area contributed by atoms with Crippen molar-refractivity contribution in [1.29, 1.82) is 0 Å². The molecule has 0 amide bonds. The molecule has 5 rings (SSSR count). The third kappa shape index (κ3) is 6.71. The molecule has 0 aliphatic carbocycles. The maximum absolute atomic E-state index is 14.5. The summed E-state index contributed by atoms with van der Waals surface area (Å²) in [6.07, 6.45) is -3.03. The van der Waals surface area contributed by atoms with Crippen LogP contribution in [0.3, 0.4) is 0 Å². The summed E-state index contributed by atoms with van der Waals surface area (Å²) < 4.78 is 61.5. The number of nitrogens with zero attached hydrogens (tertiary/aromatic N) is 5. The summed E-state index contributed by atoms with van der Waals surface area (Å²) in [5.41, 5.74) is 0.0624. The number of pyridine rings is 1. The van der Waals surface area contributed by atoms with Crippen molar-refractivity contribution >= 4 is 28.5 Å². The summed E-state index contributed by atoms with van der Waals surface area (Å²) in [6, 6.07) is 12.1. The van der Waals surface area contributed by atoms with E-state index in [-0.39, 0.29) is 23.8 Å². The highest BCUT2D eigenvalue weighted by atomic mass is 19.4. The lowest BCUT2D eigenvalue weighted by Gasteiger charge is -2.36. The minimum Gasteiger partial charge on any atom is -0.457 e. The zero-order valence-electron chi connectivity index (χ0n) is 23.6. The van der Waals surface area contributed by atoms with E-state index in [0.29, 0.717) is 46.9 Å². The molecule has 2 aromatic heterocycles. The van der Waals surface area contributed by atoms with E-state index >= 15 is 0 Å². The minimum absolute atomic E-state index is 0.0878. The van der Waals surface area contributed by atoms with Gasteiger partial charge in [-0.25, -0.2) is 9.37 Å². The summed E-state index contributed by atoms with van der Waals surface area (Å²) in [5.74, 6) is -0.191. The number of anilines is 2. The highest BCUT2D eigenvalue weighted by Gasteiger charge is 2.35. The molecule has 0 atom stereocenters. The first kappa shape index (κ1) is 29.5. The van der Waals surface area contributed by atoms with Crippen molar-refractivity contribution in [3.05, 3.63) is 71.8 Å². The smallest absolute Gasteiger partial charge is 0.419 e. The van der Waals surface area contributed by atoms with E-state index in [9.17, 15) is 22.4 Å². The van der Waals surface area contributed by atoms with Crippen LogP contribution in [0.2, 0.25) is 0 Å². The number of aryl methyl sites for hydroxylation is 1. The van der Waals surface area contributed by atoms with Gasteiger partial charge >= 0.3 is 6.18 Å². The van der Waals surface area contributed by atoms with Gasteiger partial charge in [-0.1, -0.05) is 6.07 Å². The van der Waals surface area contributed by atoms with E-state index in [1.54, 1.807) is 48.1 Å². The van der Waals surface area contributed by atoms with Crippen molar-refractivity contribution in [3.8, 4) is 11.5 Å². The predicted octanol–water partition coefficient (Wildman–Crippen LogP) is 5.80. The van der Waals surface area contributed by atoms with Gasteiger partial charge in [0, 0.05) is 57.6 Å². The molecule has 8 nitrogen and oxygen atoms in total. The second-order valence-corrected chi connectivity index (χ2v) is 10.6. The molecular weight excluding hydrogens is 552 g/mol. The lowest BCUT2D eigenvalue weighted by atomic mass is 10.1. The number of piperazine rings is 1. The number of ether oxygens (including phenoxy) is 1. The Morgan fingerprint density at radius 2 is 1.79 bits per heavy atom. The van der Waals surface area contributed by atoms with Gasteiger partial charge in [-0.05, 0) is 44.2 Å². The van der Waals surface area contributed by atoms with Crippen LogP contribution in [-0.4, -0.2) is 68.9 Å². The molecule has 4 aromatic rings. The van der Waals surface area contributed by atoms with Gasteiger partial charge in [0.15, 0.2) is 11.6 Å². The number of hydrogen-bond acceptors (Lipinski definition) is 7. The molecule has 1 saturated heterocycles. The fourth-order valence-corrected chi connectivity index (χ4v) is 5.02. The Morgan fingerprint density at radius 1 is 1.05 bits per heavy atom. The Bertz CT molecular complexity index is 1580. The molecule has 1 N–H and O–H groups in total. The van der Waals surface area contributed by atoms with Crippen LogP contribution in [0.25, 0.3) is 11.0 Å². The second-order valence-electron chi connectivity index (χ2n) is 10.6. The Kier molecular flexibility index (Phi) is 8.46. The molecule has 1 aliphatic rings. The summed E-state index contributed by atoms with van der Waals surface area (Å²) >= 11 is 0. The zero-order valence-corrected chi connectivity index (χ0v) is 23.6. The maximum atomic E-state index is 14.5. The first-order valence-corrected chi connectivity index (χ1v) is 13.7. The van der Waals surface area contributed by atoms with Crippen molar-refractivity contribution in [1.82, 2.24) is 24.3 Å². The van der Waals surface area contributed by atoms with E-state index < -0.39 is 17.6 Å². The number of rotatable bonds is 9. The number of carbonyl (C=O) groups is 1. The topological polar surface area (TPSA) is 75.5 Å². The quantitative estimate of drug-likeness (QED) is 0.249. The lowest BCUT2D eigenvalue weighted by molar-refractivity contribution is -0.139. The standard InChI is InChI=1S/C30H32F4N6O2/c1-19(2)40-13-11-39(12-14-40)18-21(41)15-20-16-23(9-10-35-20)42-22-7-8-27-26(17-22)37-29(38(27)3)36-25-6-4-5-24(28(25)31)30(32,33)34/h4-10,16-17,19H,11-15,18H2,1-3H3,(H,36,37). The Morgan fingerprint density at radius 3 is 2.50 bits per heavy atom. The SMILES string of the molecule is CC(C)N1CCN(CC(=O)Cc2cc(Oc3ccc4c(c3)nc(Nc3cccc(C(F)(F)F)c3F)n4C)ccn2)CC1. The number of ketones is 1. The number of Topliss-reactive ketones (excluding diaryl/α,β-unsaturated/α-hetero) is 1. The first-order valence-electron chi connectivity index (χ1n) is 13.7. The molecular formula is C30H32F4N6O2. The van der Waals surface area contributed by atoms with Gasteiger partial charge in [-0.3, -0.25) is 19.6 Å². The van der Waals surface area contributed by atoms with Crippen LogP contribution in [0.5, 0.6) is 11.5 Å². The first-order chi connectivity index (χ1) is 20.0. The van der Waals surface area contributed by atoms with Crippen molar-refractivity contribution in [3.63, 3.8) is 0 Å². The van der Waals surface area contributed by atoms with Crippen molar-refractivity contribution < 1.29 is 27.1 Å². The van der Waals surface area contributed by atoms with E-state index in [4.69, 9.17) is 4.74 Å². The number of alkyl halides is 3. The second kappa shape index (κ2) is 12.1. The molecule has 0 spiro atoms. The molecule has 0 unspecified atom stereocenters. The van der Waals surface area contributed by atoms with Gasteiger partial charge in [0.25, 0.3) is 0 Å². The molecule has 0 radical (unpaired) electrons. The van der Waals surface area contributed by atoms with Gasteiger partial charge < -0.3 is 14.6 Å². The van der Waals surface area contributed by atoms with Crippen molar-refractivity contribution in [2.45, 2.75) is 32.5 Å². The van der Waals surface area contributed by atoms with Crippen molar-refractivity contribution in [2.75, 3.05) is 38.0 Å². The van der Waals surface area contributed by atoms with Crippen LogP contribution >= 0.6 is 0 Å². The zero-order chi connectivity index (χ0) is 30.0. The predicted molar refractivity (Wildman–Crippen MR) is 152 cm³/mol. The Balaban J connectivity index is 1.25. The summed E-state index contributed by atoms with van der Waals surface area (Å²) in [7, 11) is 1.67. The average molecular weight is 585 g/mol. The summed E-state index contributed by atoms with van der Waals surface area (Å²) in [6.45, 7) is 8.37. The number of imidazole rings is 1. The molecule has 12 heteroatoms. The number of fused-ring (bicyclic) bond motifs is 1. The molecule has 1 aliphatic heterocycles. The van der Waals surface area contributed by atoms with Gasteiger partial charge in [0.1, 0.15) is 11.5 Å². The highest BCUT2D eigenvalue weighted by molar-refractivity contribution is 5.83. The third-order valence-electron chi connectivity index (χ3n) is 7.34. The molecule has 222 valence electrons. The number of aromatic nitrogens is 3. The third-order valence-corrected chi connectivity index (χ3v) is 7.34. The van der Waals surface area contributed by atoms with E-state index in [2.05, 4.69) is 38.9 Å². The van der Waals surface area contributed by atoms with Crippen LogP contribution in [0.15, 0.2) is 54.7 Å². The number of benzene rings is 2.